The van der Waals surface area contributed by atoms with Crippen molar-refractivity contribution in [2.24, 2.45) is 5.73 Å². The number of ether oxygens (including phenoxy) is 2. The Labute approximate surface area is 210 Å². The molecule has 0 saturated carbocycles. The number of rotatable bonds is 11. The van der Waals surface area contributed by atoms with Gasteiger partial charge in [0.25, 0.3) is 5.91 Å². The summed E-state index contributed by atoms with van der Waals surface area (Å²) in [7, 11) is 1.33. The molecule has 0 spiro atoms. The summed E-state index contributed by atoms with van der Waals surface area (Å²) >= 11 is 4.22. The summed E-state index contributed by atoms with van der Waals surface area (Å²) in [5, 5.41) is 6.08. The summed E-state index contributed by atoms with van der Waals surface area (Å²) in [5.41, 5.74) is 9.56. The van der Waals surface area contributed by atoms with Gasteiger partial charge in [-0.25, -0.2) is 9.78 Å². The summed E-state index contributed by atoms with van der Waals surface area (Å²) in [5.74, 6) is 0.125. The molecule has 184 valence electrons. The molecule has 3 aromatic rings. The zero-order valence-electron chi connectivity index (χ0n) is 19.7. The summed E-state index contributed by atoms with van der Waals surface area (Å²) in [6, 6.07) is 20.1. The van der Waals surface area contributed by atoms with Crippen molar-refractivity contribution >= 4 is 30.2 Å². The zero-order valence-corrected chi connectivity index (χ0v) is 20.6. The Morgan fingerprint density at radius 1 is 1.06 bits per heavy atom. The first-order valence-corrected chi connectivity index (χ1v) is 11.8. The monoisotopic (exact) mass is 494 g/mol. The minimum Gasteiger partial charge on any atom is -0.465 e. The van der Waals surface area contributed by atoms with Gasteiger partial charge in [0.15, 0.2) is 6.10 Å². The van der Waals surface area contributed by atoms with Gasteiger partial charge in [0.1, 0.15) is 0 Å². The van der Waals surface area contributed by atoms with E-state index >= 15 is 0 Å². The van der Waals surface area contributed by atoms with Crippen LogP contribution < -0.4 is 21.1 Å². The third-order valence-corrected chi connectivity index (χ3v) is 5.69. The van der Waals surface area contributed by atoms with Crippen molar-refractivity contribution in [2.45, 2.75) is 25.6 Å². The number of methoxy groups -OCH3 is 1. The topological polar surface area (TPSA) is 116 Å². The number of amides is 1. The van der Waals surface area contributed by atoms with Gasteiger partial charge in [0.2, 0.25) is 5.88 Å². The molecular weight excluding hydrogens is 464 g/mol. The Bertz CT molecular complexity index is 1130. The summed E-state index contributed by atoms with van der Waals surface area (Å²) in [6.45, 7) is 2.43. The van der Waals surface area contributed by atoms with Crippen molar-refractivity contribution in [2.75, 3.05) is 24.7 Å². The number of nitrogens with zero attached hydrogens (tertiary/aromatic N) is 1. The lowest BCUT2D eigenvalue weighted by molar-refractivity contribution is -0.127. The van der Waals surface area contributed by atoms with E-state index in [1.54, 1.807) is 31.2 Å². The number of esters is 1. The number of benzene rings is 2. The van der Waals surface area contributed by atoms with Crippen LogP contribution >= 0.6 is 12.6 Å². The number of thiol groups is 1. The number of anilines is 1. The molecule has 0 radical (unpaired) electrons. The van der Waals surface area contributed by atoms with Crippen LogP contribution in [0, 0.1) is 0 Å². The predicted octanol–water partition coefficient (Wildman–Crippen LogP) is 3.29. The van der Waals surface area contributed by atoms with Gasteiger partial charge in [-0.3, -0.25) is 4.79 Å². The summed E-state index contributed by atoms with van der Waals surface area (Å²) in [4.78, 5) is 29.0. The van der Waals surface area contributed by atoms with Gasteiger partial charge in [-0.2, -0.15) is 12.6 Å². The Hall–Kier alpha value is -3.56. The van der Waals surface area contributed by atoms with Crippen molar-refractivity contribution < 1.29 is 19.1 Å². The highest BCUT2D eigenvalue weighted by Gasteiger charge is 2.19. The number of pyridine rings is 1. The zero-order chi connectivity index (χ0) is 25.2. The fraction of sp³-hybridized carbons (Fsp3) is 0.269. The van der Waals surface area contributed by atoms with Gasteiger partial charge < -0.3 is 25.8 Å². The van der Waals surface area contributed by atoms with Gasteiger partial charge in [0.05, 0.1) is 24.1 Å². The van der Waals surface area contributed by atoms with E-state index in [2.05, 4.69) is 28.2 Å². The molecule has 8 nitrogen and oxygen atoms in total. The van der Waals surface area contributed by atoms with E-state index in [-0.39, 0.29) is 18.5 Å². The van der Waals surface area contributed by atoms with Gasteiger partial charge >= 0.3 is 5.97 Å². The maximum Gasteiger partial charge on any atom is 0.337 e. The van der Waals surface area contributed by atoms with Crippen molar-refractivity contribution in [3.05, 3.63) is 77.9 Å². The van der Waals surface area contributed by atoms with E-state index in [0.717, 1.165) is 16.8 Å². The molecule has 4 N–H and O–H groups in total. The minimum atomic E-state index is -0.804. The van der Waals surface area contributed by atoms with E-state index in [0.29, 0.717) is 29.4 Å². The maximum atomic E-state index is 12.7. The smallest absolute Gasteiger partial charge is 0.337 e. The molecule has 1 amide bonds. The highest BCUT2D eigenvalue weighted by atomic mass is 32.1. The number of aromatic nitrogens is 1. The summed E-state index contributed by atoms with van der Waals surface area (Å²) in [6.07, 6.45) is -0.804. The van der Waals surface area contributed by atoms with Crippen LogP contribution in [-0.4, -0.2) is 48.4 Å². The van der Waals surface area contributed by atoms with Crippen LogP contribution in [-0.2, 0) is 16.1 Å². The van der Waals surface area contributed by atoms with Crippen LogP contribution in [0.1, 0.15) is 22.8 Å². The molecule has 0 aliphatic heterocycles. The number of nitrogens with two attached hydrogens (primary N) is 1. The predicted molar refractivity (Wildman–Crippen MR) is 140 cm³/mol. The first kappa shape index (κ1) is 26.1. The molecule has 1 unspecified atom stereocenters. The van der Waals surface area contributed by atoms with Crippen LogP contribution in [0.2, 0.25) is 0 Å². The fourth-order valence-electron chi connectivity index (χ4n) is 3.17. The molecule has 35 heavy (non-hydrogen) atoms. The lowest BCUT2D eigenvalue weighted by atomic mass is 10.1. The number of carbonyl (C=O) groups is 2. The van der Waals surface area contributed by atoms with Crippen LogP contribution in [0.4, 0.5) is 5.69 Å². The second-order valence-electron chi connectivity index (χ2n) is 7.91. The third kappa shape index (κ3) is 7.46. The Balaban J connectivity index is 1.69. The first-order valence-electron chi connectivity index (χ1n) is 11.2. The van der Waals surface area contributed by atoms with E-state index in [1.165, 1.54) is 7.11 Å². The Morgan fingerprint density at radius 3 is 2.43 bits per heavy atom. The van der Waals surface area contributed by atoms with E-state index in [1.807, 2.05) is 42.5 Å². The molecule has 1 heterocycles. The van der Waals surface area contributed by atoms with Crippen LogP contribution in [0.15, 0.2) is 66.7 Å². The van der Waals surface area contributed by atoms with Crippen LogP contribution in [0.3, 0.4) is 0 Å². The van der Waals surface area contributed by atoms with Crippen molar-refractivity contribution in [1.82, 2.24) is 10.3 Å². The highest BCUT2D eigenvalue weighted by molar-refractivity contribution is 7.80. The molecule has 0 aliphatic carbocycles. The number of hydrogen-bond acceptors (Lipinski definition) is 8. The lowest BCUT2D eigenvalue weighted by Gasteiger charge is -2.19. The number of carbonyl (C=O) groups excluding carboxylic acids is 2. The average Bonchev–Trinajstić information content (AvgIpc) is 2.90. The molecular formula is C26H30N4O4S. The number of nitrogens with one attached hydrogen (secondary N) is 2. The molecule has 0 saturated heterocycles. The molecule has 3 rings (SSSR count). The standard InChI is InChI=1S/C26H30N4O4S/c1-17(24(31)29-14-18-8-10-20(11-9-18)26(32)33-2)34-25-23(28-15-21(27)16-35)13-12-22(30-25)19-6-4-3-5-7-19/h3-13,17,21,28,35H,14-16,27H2,1-2H3,(H,29,31)/t17-,21?/m1/s1. The second-order valence-corrected chi connectivity index (χ2v) is 8.27. The largest absolute Gasteiger partial charge is 0.465 e. The molecule has 1 aromatic heterocycles. The minimum absolute atomic E-state index is 0.147. The fourth-order valence-corrected chi connectivity index (χ4v) is 3.30. The van der Waals surface area contributed by atoms with Gasteiger partial charge in [-0.05, 0) is 36.8 Å². The molecule has 2 aromatic carbocycles. The Kier molecular flexibility index (Phi) is 9.51. The highest BCUT2D eigenvalue weighted by Crippen LogP contribution is 2.28. The quantitative estimate of drug-likeness (QED) is 0.239. The van der Waals surface area contributed by atoms with Crippen molar-refractivity contribution in [3.8, 4) is 17.1 Å². The van der Waals surface area contributed by atoms with E-state index < -0.39 is 12.1 Å². The first-order chi connectivity index (χ1) is 16.9. The van der Waals surface area contributed by atoms with Gasteiger partial charge in [-0.1, -0.05) is 42.5 Å². The number of hydrogen-bond donors (Lipinski definition) is 4. The summed E-state index contributed by atoms with van der Waals surface area (Å²) < 4.78 is 10.7. The van der Waals surface area contributed by atoms with E-state index in [4.69, 9.17) is 15.2 Å². The van der Waals surface area contributed by atoms with Crippen molar-refractivity contribution in [1.29, 1.82) is 0 Å². The molecule has 0 fully saturated rings. The van der Waals surface area contributed by atoms with Gasteiger partial charge in [0, 0.05) is 30.4 Å². The lowest BCUT2D eigenvalue weighted by Crippen LogP contribution is -2.36. The average molecular weight is 495 g/mol. The second kappa shape index (κ2) is 12.8. The SMILES string of the molecule is COC(=O)c1ccc(CNC(=O)[C@@H](C)Oc2nc(-c3ccccc3)ccc2NCC(N)CS)cc1. The maximum absolute atomic E-state index is 12.7. The van der Waals surface area contributed by atoms with Gasteiger partial charge in [-0.15, -0.1) is 0 Å². The molecule has 0 aliphatic rings. The van der Waals surface area contributed by atoms with Crippen LogP contribution in [0.25, 0.3) is 11.3 Å². The third-order valence-electron chi connectivity index (χ3n) is 5.22. The normalized spacial score (nSPS) is 12.3. The van der Waals surface area contributed by atoms with Crippen LogP contribution in [0.5, 0.6) is 5.88 Å². The van der Waals surface area contributed by atoms with Crippen molar-refractivity contribution in [3.63, 3.8) is 0 Å². The molecule has 2 atom stereocenters. The molecule has 9 heteroatoms. The Morgan fingerprint density at radius 2 is 1.77 bits per heavy atom. The van der Waals surface area contributed by atoms with E-state index in [9.17, 15) is 9.59 Å². The molecule has 0 bridgehead atoms.